The van der Waals surface area contributed by atoms with E-state index in [1.54, 1.807) is 12.1 Å². The standard InChI is InChI=1S/C15H16N2O3/c1-11-8-9-13(14(16-11)19-2)17-15(18)20-10-12-6-4-3-5-7-12/h3-9H,10H2,1-2H3,(H,17,18). The van der Waals surface area contributed by atoms with E-state index >= 15 is 0 Å². The van der Waals surface area contributed by atoms with Gasteiger partial charge in [0.1, 0.15) is 12.3 Å². The Labute approximate surface area is 117 Å². The molecule has 5 nitrogen and oxygen atoms in total. The fraction of sp³-hybridized carbons (Fsp3) is 0.200. The Morgan fingerprint density at radius 3 is 2.65 bits per heavy atom. The Hall–Kier alpha value is -2.56. The van der Waals surface area contributed by atoms with Crippen molar-refractivity contribution in [1.82, 2.24) is 4.98 Å². The number of benzene rings is 1. The number of amides is 1. The zero-order chi connectivity index (χ0) is 14.4. The monoisotopic (exact) mass is 272 g/mol. The molecule has 1 heterocycles. The van der Waals surface area contributed by atoms with Gasteiger partial charge in [-0.15, -0.1) is 0 Å². The van der Waals surface area contributed by atoms with Crippen molar-refractivity contribution in [2.24, 2.45) is 0 Å². The van der Waals surface area contributed by atoms with Crippen LogP contribution in [-0.2, 0) is 11.3 Å². The number of hydrogen-bond acceptors (Lipinski definition) is 4. The molecule has 0 unspecified atom stereocenters. The Balaban J connectivity index is 1.95. The third-order valence-corrected chi connectivity index (χ3v) is 2.64. The lowest BCUT2D eigenvalue weighted by molar-refractivity contribution is 0.155. The summed E-state index contributed by atoms with van der Waals surface area (Å²) < 4.78 is 10.2. The van der Waals surface area contributed by atoms with Gasteiger partial charge in [-0.1, -0.05) is 30.3 Å². The van der Waals surface area contributed by atoms with E-state index in [0.717, 1.165) is 11.3 Å². The Morgan fingerprint density at radius 1 is 1.20 bits per heavy atom. The highest BCUT2D eigenvalue weighted by atomic mass is 16.5. The molecule has 2 aromatic rings. The molecule has 1 amide bonds. The highest BCUT2D eigenvalue weighted by molar-refractivity contribution is 5.86. The predicted molar refractivity (Wildman–Crippen MR) is 75.8 cm³/mol. The smallest absolute Gasteiger partial charge is 0.412 e. The van der Waals surface area contributed by atoms with Crippen LogP contribution in [0.4, 0.5) is 10.5 Å². The van der Waals surface area contributed by atoms with E-state index in [0.29, 0.717) is 11.6 Å². The minimum Gasteiger partial charge on any atom is -0.480 e. The number of nitrogens with one attached hydrogen (secondary N) is 1. The van der Waals surface area contributed by atoms with Crippen molar-refractivity contribution in [3.8, 4) is 5.88 Å². The van der Waals surface area contributed by atoms with Gasteiger partial charge in [-0.05, 0) is 24.6 Å². The van der Waals surface area contributed by atoms with Gasteiger partial charge >= 0.3 is 6.09 Å². The van der Waals surface area contributed by atoms with Gasteiger partial charge in [0, 0.05) is 5.69 Å². The first-order valence-electron chi connectivity index (χ1n) is 6.18. The molecule has 0 saturated carbocycles. The van der Waals surface area contributed by atoms with Crippen molar-refractivity contribution in [1.29, 1.82) is 0 Å². The molecular formula is C15H16N2O3. The molecule has 0 atom stereocenters. The van der Waals surface area contributed by atoms with E-state index in [2.05, 4.69) is 10.3 Å². The number of carbonyl (C=O) groups is 1. The first-order valence-corrected chi connectivity index (χ1v) is 6.18. The maximum absolute atomic E-state index is 11.7. The summed E-state index contributed by atoms with van der Waals surface area (Å²) in [4.78, 5) is 15.9. The quantitative estimate of drug-likeness (QED) is 0.928. The van der Waals surface area contributed by atoms with Crippen molar-refractivity contribution < 1.29 is 14.3 Å². The van der Waals surface area contributed by atoms with E-state index in [-0.39, 0.29) is 6.61 Å². The van der Waals surface area contributed by atoms with Crippen LogP contribution in [0.25, 0.3) is 0 Å². The van der Waals surface area contributed by atoms with E-state index in [9.17, 15) is 4.79 Å². The number of nitrogens with zero attached hydrogens (tertiary/aromatic N) is 1. The molecule has 0 aliphatic heterocycles. The Bertz CT molecular complexity index is 585. The molecule has 0 aliphatic carbocycles. The van der Waals surface area contributed by atoms with E-state index in [1.165, 1.54) is 7.11 Å². The summed E-state index contributed by atoms with van der Waals surface area (Å²) in [5, 5.41) is 2.61. The third-order valence-electron chi connectivity index (χ3n) is 2.64. The van der Waals surface area contributed by atoms with Gasteiger partial charge < -0.3 is 9.47 Å². The van der Waals surface area contributed by atoms with Gasteiger partial charge in [-0.25, -0.2) is 9.78 Å². The first-order chi connectivity index (χ1) is 9.69. The molecule has 0 radical (unpaired) electrons. The van der Waals surface area contributed by atoms with Gasteiger partial charge in [0.25, 0.3) is 0 Å². The van der Waals surface area contributed by atoms with Crippen LogP contribution >= 0.6 is 0 Å². The average molecular weight is 272 g/mol. The minimum atomic E-state index is -0.544. The van der Waals surface area contributed by atoms with Crippen LogP contribution in [0.15, 0.2) is 42.5 Å². The number of aryl methyl sites for hydroxylation is 1. The zero-order valence-corrected chi connectivity index (χ0v) is 11.4. The lowest BCUT2D eigenvalue weighted by Gasteiger charge is -2.10. The van der Waals surface area contributed by atoms with E-state index in [4.69, 9.17) is 9.47 Å². The predicted octanol–water partition coefficient (Wildman–Crippen LogP) is 3.15. The third kappa shape index (κ3) is 3.71. The lowest BCUT2D eigenvalue weighted by atomic mass is 10.2. The summed E-state index contributed by atoms with van der Waals surface area (Å²) in [6.07, 6.45) is -0.544. The fourth-order valence-electron chi connectivity index (χ4n) is 1.65. The van der Waals surface area contributed by atoms with Crippen LogP contribution in [-0.4, -0.2) is 18.2 Å². The highest BCUT2D eigenvalue weighted by Crippen LogP contribution is 2.21. The molecule has 5 heteroatoms. The van der Waals surface area contributed by atoms with Crippen LogP contribution in [0.3, 0.4) is 0 Å². The summed E-state index contributed by atoms with van der Waals surface area (Å²) in [6.45, 7) is 2.06. The maximum Gasteiger partial charge on any atom is 0.412 e. The minimum absolute atomic E-state index is 0.217. The zero-order valence-electron chi connectivity index (χ0n) is 11.4. The van der Waals surface area contributed by atoms with Crippen molar-refractivity contribution in [3.05, 3.63) is 53.7 Å². The number of methoxy groups -OCH3 is 1. The van der Waals surface area contributed by atoms with Crippen molar-refractivity contribution in [2.45, 2.75) is 13.5 Å². The van der Waals surface area contributed by atoms with Crippen LogP contribution in [0.2, 0.25) is 0 Å². The second-order valence-corrected chi connectivity index (χ2v) is 4.20. The molecule has 0 fully saturated rings. The van der Waals surface area contributed by atoms with Crippen LogP contribution in [0.5, 0.6) is 5.88 Å². The summed E-state index contributed by atoms with van der Waals surface area (Å²) >= 11 is 0. The van der Waals surface area contributed by atoms with Crippen LogP contribution < -0.4 is 10.1 Å². The molecule has 0 aliphatic rings. The number of rotatable bonds is 4. The molecule has 2 rings (SSSR count). The van der Waals surface area contributed by atoms with Gasteiger partial charge in [-0.2, -0.15) is 0 Å². The first kappa shape index (κ1) is 13.9. The van der Waals surface area contributed by atoms with Crippen molar-refractivity contribution in [3.63, 3.8) is 0 Å². The molecule has 1 aromatic carbocycles. The number of aromatic nitrogens is 1. The van der Waals surface area contributed by atoms with Gasteiger partial charge in [0.05, 0.1) is 7.11 Å². The van der Waals surface area contributed by atoms with Crippen molar-refractivity contribution >= 4 is 11.8 Å². The molecular weight excluding hydrogens is 256 g/mol. The normalized spacial score (nSPS) is 9.90. The number of anilines is 1. The van der Waals surface area contributed by atoms with Crippen LogP contribution in [0, 0.1) is 6.92 Å². The van der Waals surface area contributed by atoms with E-state index in [1.807, 2.05) is 37.3 Å². The summed E-state index contributed by atoms with van der Waals surface area (Å²) in [7, 11) is 1.50. The fourth-order valence-corrected chi connectivity index (χ4v) is 1.65. The maximum atomic E-state index is 11.7. The number of carbonyl (C=O) groups excluding carboxylic acids is 1. The summed E-state index contributed by atoms with van der Waals surface area (Å²) in [6, 6.07) is 13.0. The summed E-state index contributed by atoms with van der Waals surface area (Å²) in [5.74, 6) is 0.363. The Morgan fingerprint density at radius 2 is 1.95 bits per heavy atom. The lowest BCUT2D eigenvalue weighted by Crippen LogP contribution is -2.14. The molecule has 1 aromatic heterocycles. The average Bonchev–Trinajstić information content (AvgIpc) is 2.48. The largest absolute Gasteiger partial charge is 0.480 e. The van der Waals surface area contributed by atoms with Gasteiger partial charge in [0.2, 0.25) is 5.88 Å². The molecule has 0 spiro atoms. The molecule has 0 bridgehead atoms. The second-order valence-electron chi connectivity index (χ2n) is 4.20. The van der Waals surface area contributed by atoms with Gasteiger partial charge in [-0.3, -0.25) is 5.32 Å². The SMILES string of the molecule is COc1nc(C)ccc1NC(=O)OCc1ccccc1. The molecule has 1 N–H and O–H groups in total. The highest BCUT2D eigenvalue weighted by Gasteiger charge is 2.09. The van der Waals surface area contributed by atoms with Crippen LogP contribution in [0.1, 0.15) is 11.3 Å². The molecule has 20 heavy (non-hydrogen) atoms. The molecule has 104 valence electrons. The van der Waals surface area contributed by atoms with Crippen molar-refractivity contribution in [2.75, 3.05) is 12.4 Å². The number of hydrogen-bond donors (Lipinski definition) is 1. The Kier molecular flexibility index (Phi) is 4.55. The second kappa shape index (κ2) is 6.56. The van der Waals surface area contributed by atoms with Gasteiger partial charge in [0.15, 0.2) is 0 Å². The summed E-state index contributed by atoms with van der Waals surface area (Å²) in [5.41, 5.74) is 2.22. The number of pyridine rings is 1. The molecule has 0 saturated heterocycles. The topological polar surface area (TPSA) is 60.5 Å². The number of ether oxygens (including phenoxy) is 2. The van der Waals surface area contributed by atoms with E-state index < -0.39 is 6.09 Å².